The number of halogens is 2. The molecule has 2 saturated heterocycles. The van der Waals surface area contributed by atoms with E-state index in [1.165, 1.54) is 38.6 Å². The van der Waals surface area contributed by atoms with Crippen molar-refractivity contribution >= 4 is 34.9 Å². The van der Waals surface area contributed by atoms with Crippen molar-refractivity contribution < 1.29 is 4.79 Å². The molecule has 0 spiro atoms. The van der Waals surface area contributed by atoms with Crippen molar-refractivity contribution in [2.75, 3.05) is 38.6 Å². The van der Waals surface area contributed by atoms with Crippen LogP contribution in [0.1, 0.15) is 44.9 Å². The van der Waals surface area contributed by atoms with Crippen LogP contribution in [-0.2, 0) is 0 Å². The molecule has 3 aliphatic rings. The Balaban J connectivity index is 1.25. The van der Waals surface area contributed by atoms with E-state index in [0.717, 1.165) is 37.5 Å². The number of benzene rings is 1. The van der Waals surface area contributed by atoms with Crippen LogP contribution in [-0.4, -0.2) is 67.7 Å². The highest BCUT2D eigenvalue weighted by Crippen LogP contribution is 2.38. The van der Waals surface area contributed by atoms with E-state index in [0.29, 0.717) is 28.2 Å². The molecule has 7 heteroatoms. The molecule has 1 aromatic carbocycles. The monoisotopic (exact) mass is 452 g/mol. The fourth-order valence-electron chi connectivity index (χ4n) is 5.52. The standard InChI is InChI=1S/C23H34Cl2N4O/c1-27(2)23(30)26-17-8-6-16(7-9-17)12-13-29-18-10-11-19(29)15-28(14-18)21-5-3-4-20(24)22(21)25/h3-5,16-19H,6-15H2,1-2H3,(H,26,30)/t16?,17?,18-,19+. The zero-order chi connectivity index (χ0) is 21.3. The van der Waals surface area contributed by atoms with Crippen molar-refractivity contribution in [2.24, 2.45) is 5.92 Å². The summed E-state index contributed by atoms with van der Waals surface area (Å²) in [6, 6.07) is 7.57. The van der Waals surface area contributed by atoms with Crippen LogP contribution in [0.2, 0.25) is 10.0 Å². The molecule has 4 rings (SSSR count). The lowest BCUT2D eigenvalue weighted by molar-refractivity contribution is 0.147. The van der Waals surface area contributed by atoms with Crippen LogP contribution in [0.25, 0.3) is 0 Å². The predicted molar refractivity (Wildman–Crippen MR) is 125 cm³/mol. The number of rotatable bonds is 5. The lowest BCUT2D eigenvalue weighted by Gasteiger charge is -2.43. The Hall–Kier alpha value is -1.17. The maximum absolute atomic E-state index is 11.9. The summed E-state index contributed by atoms with van der Waals surface area (Å²) in [5, 5.41) is 4.47. The summed E-state index contributed by atoms with van der Waals surface area (Å²) < 4.78 is 0. The van der Waals surface area contributed by atoms with Gasteiger partial charge in [-0.05, 0) is 69.5 Å². The highest BCUT2D eigenvalue weighted by Gasteiger charge is 2.40. The van der Waals surface area contributed by atoms with E-state index in [1.807, 2.05) is 12.1 Å². The van der Waals surface area contributed by atoms with Gasteiger partial charge in [-0.25, -0.2) is 4.79 Å². The van der Waals surface area contributed by atoms with Gasteiger partial charge in [-0.15, -0.1) is 0 Å². The molecule has 2 atom stereocenters. The number of fused-ring (bicyclic) bond motifs is 2. The fourth-order valence-corrected chi connectivity index (χ4v) is 5.93. The molecule has 3 fully saturated rings. The van der Waals surface area contributed by atoms with E-state index in [4.69, 9.17) is 23.2 Å². The van der Waals surface area contributed by atoms with Gasteiger partial charge in [0.15, 0.2) is 0 Å². The van der Waals surface area contributed by atoms with E-state index >= 15 is 0 Å². The number of carbonyl (C=O) groups is 1. The Morgan fingerprint density at radius 2 is 1.73 bits per heavy atom. The zero-order valence-electron chi connectivity index (χ0n) is 18.1. The van der Waals surface area contributed by atoms with Crippen LogP contribution >= 0.6 is 23.2 Å². The molecule has 0 unspecified atom stereocenters. The number of hydrogen-bond donors (Lipinski definition) is 1. The van der Waals surface area contributed by atoms with Gasteiger partial charge in [0.2, 0.25) is 0 Å². The number of carbonyl (C=O) groups excluding carboxylic acids is 1. The van der Waals surface area contributed by atoms with Crippen LogP contribution in [0.15, 0.2) is 18.2 Å². The van der Waals surface area contributed by atoms with E-state index in [9.17, 15) is 4.79 Å². The fraction of sp³-hybridized carbons (Fsp3) is 0.696. The second-order valence-corrected chi connectivity index (χ2v) is 10.2. The van der Waals surface area contributed by atoms with Gasteiger partial charge in [0, 0.05) is 45.3 Å². The maximum Gasteiger partial charge on any atom is 0.317 e. The number of nitrogens with zero attached hydrogens (tertiary/aromatic N) is 3. The number of nitrogens with one attached hydrogen (secondary N) is 1. The van der Waals surface area contributed by atoms with Crippen molar-refractivity contribution in [1.29, 1.82) is 0 Å². The molecule has 0 radical (unpaired) electrons. The molecule has 2 aliphatic heterocycles. The molecule has 1 aromatic rings. The lowest BCUT2D eigenvalue weighted by Crippen LogP contribution is -2.54. The number of piperazine rings is 1. The van der Waals surface area contributed by atoms with Crippen LogP contribution in [0.5, 0.6) is 0 Å². The second kappa shape index (κ2) is 9.54. The van der Waals surface area contributed by atoms with Gasteiger partial charge >= 0.3 is 6.03 Å². The molecule has 1 aliphatic carbocycles. The molecule has 1 N–H and O–H groups in total. The molecular weight excluding hydrogens is 419 g/mol. The average molecular weight is 453 g/mol. The molecule has 2 bridgehead atoms. The summed E-state index contributed by atoms with van der Waals surface area (Å²) in [6.45, 7) is 3.28. The first kappa shape index (κ1) is 22.0. The van der Waals surface area contributed by atoms with Crippen LogP contribution in [0.3, 0.4) is 0 Å². The third-order valence-electron chi connectivity index (χ3n) is 7.28. The molecule has 0 aromatic heterocycles. The summed E-state index contributed by atoms with van der Waals surface area (Å²) in [7, 11) is 3.60. The minimum absolute atomic E-state index is 0.0349. The smallest absolute Gasteiger partial charge is 0.317 e. The molecule has 166 valence electrons. The highest BCUT2D eigenvalue weighted by atomic mass is 35.5. The molecule has 30 heavy (non-hydrogen) atoms. The van der Waals surface area contributed by atoms with E-state index in [-0.39, 0.29) is 6.03 Å². The second-order valence-electron chi connectivity index (χ2n) is 9.45. The largest absolute Gasteiger partial charge is 0.367 e. The summed E-state index contributed by atoms with van der Waals surface area (Å²) in [6.07, 6.45) is 8.51. The van der Waals surface area contributed by atoms with Crippen molar-refractivity contribution in [3.8, 4) is 0 Å². The van der Waals surface area contributed by atoms with Crippen molar-refractivity contribution in [3.63, 3.8) is 0 Å². The molecule has 5 nitrogen and oxygen atoms in total. The Morgan fingerprint density at radius 3 is 2.37 bits per heavy atom. The van der Waals surface area contributed by atoms with Gasteiger partial charge in [-0.3, -0.25) is 4.90 Å². The molecule has 1 saturated carbocycles. The van der Waals surface area contributed by atoms with Gasteiger partial charge in [-0.1, -0.05) is 29.3 Å². The van der Waals surface area contributed by atoms with Gasteiger partial charge < -0.3 is 15.1 Å². The topological polar surface area (TPSA) is 38.8 Å². The Labute approximate surface area is 190 Å². The molecular formula is C23H34Cl2N4O. The van der Waals surface area contributed by atoms with Crippen molar-refractivity contribution in [1.82, 2.24) is 15.1 Å². The Kier molecular flexibility index (Phi) is 7.01. The summed E-state index contributed by atoms with van der Waals surface area (Å²) in [5.41, 5.74) is 1.08. The maximum atomic E-state index is 11.9. The number of anilines is 1. The SMILES string of the molecule is CN(C)C(=O)NC1CCC(CCN2[C@@H]3CC[C@H]2CN(c2cccc(Cl)c2Cl)C3)CC1. The van der Waals surface area contributed by atoms with E-state index in [2.05, 4.69) is 21.2 Å². The lowest BCUT2D eigenvalue weighted by atomic mass is 9.84. The Bertz CT molecular complexity index is 737. The number of hydrogen-bond acceptors (Lipinski definition) is 3. The van der Waals surface area contributed by atoms with Crippen LogP contribution in [0.4, 0.5) is 10.5 Å². The summed E-state index contributed by atoms with van der Waals surface area (Å²) in [5.74, 6) is 0.789. The van der Waals surface area contributed by atoms with Gasteiger partial charge in [0.25, 0.3) is 0 Å². The summed E-state index contributed by atoms with van der Waals surface area (Å²) in [4.78, 5) is 18.7. The molecule has 2 heterocycles. The van der Waals surface area contributed by atoms with Crippen molar-refractivity contribution in [2.45, 2.75) is 63.1 Å². The van der Waals surface area contributed by atoms with Gasteiger partial charge in [-0.2, -0.15) is 0 Å². The van der Waals surface area contributed by atoms with E-state index in [1.54, 1.807) is 19.0 Å². The minimum Gasteiger partial charge on any atom is -0.367 e. The first-order chi connectivity index (χ1) is 14.4. The van der Waals surface area contributed by atoms with Gasteiger partial charge in [0.1, 0.15) is 0 Å². The van der Waals surface area contributed by atoms with Crippen molar-refractivity contribution in [3.05, 3.63) is 28.2 Å². The van der Waals surface area contributed by atoms with Gasteiger partial charge in [0.05, 0.1) is 15.7 Å². The minimum atomic E-state index is 0.0349. The highest BCUT2D eigenvalue weighted by molar-refractivity contribution is 6.43. The first-order valence-electron chi connectivity index (χ1n) is 11.3. The van der Waals surface area contributed by atoms with Crippen LogP contribution < -0.4 is 10.2 Å². The van der Waals surface area contributed by atoms with Crippen LogP contribution in [0, 0.1) is 5.92 Å². The number of amides is 2. The normalized spacial score (nSPS) is 29.1. The summed E-state index contributed by atoms with van der Waals surface area (Å²) >= 11 is 12.7. The predicted octanol–water partition coefficient (Wildman–Crippen LogP) is 4.87. The first-order valence-corrected chi connectivity index (χ1v) is 12.1. The average Bonchev–Trinajstić information content (AvgIpc) is 2.96. The third kappa shape index (κ3) is 4.84. The molecule has 2 amide bonds. The quantitative estimate of drug-likeness (QED) is 0.692. The third-order valence-corrected chi connectivity index (χ3v) is 8.09. The number of urea groups is 1. The Morgan fingerprint density at radius 1 is 1.07 bits per heavy atom. The zero-order valence-corrected chi connectivity index (χ0v) is 19.6. The van der Waals surface area contributed by atoms with E-state index < -0.39 is 0 Å².